The van der Waals surface area contributed by atoms with Crippen LogP contribution in [0.1, 0.15) is 38.8 Å². The number of anilines is 1. The summed E-state index contributed by atoms with van der Waals surface area (Å²) < 4.78 is 10.9. The number of carbonyl (C=O) groups excluding carboxylic acids is 1. The van der Waals surface area contributed by atoms with Crippen LogP contribution in [0.2, 0.25) is 0 Å². The molecule has 21 heavy (non-hydrogen) atoms. The van der Waals surface area contributed by atoms with Crippen molar-refractivity contribution in [1.29, 1.82) is 0 Å². The molecule has 1 N–H and O–H groups in total. The SMILES string of the molecule is CCCO[C@](C)(C(=O)Nc1ccc(OC)nc1C)C1CC1. The van der Waals surface area contributed by atoms with Gasteiger partial charge in [-0.05, 0) is 45.1 Å². The van der Waals surface area contributed by atoms with Crippen LogP contribution in [-0.2, 0) is 9.53 Å². The topological polar surface area (TPSA) is 60.5 Å². The molecule has 0 aliphatic heterocycles. The van der Waals surface area contributed by atoms with Crippen LogP contribution in [0.3, 0.4) is 0 Å². The molecule has 0 bridgehead atoms. The molecule has 0 spiro atoms. The van der Waals surface area contributed by atoms with Gasteiger partial charge in [-0.3, -0.25) is 4.79 Å². The first-order chi connectivity index (χ1) is 10.0. The number of ether oxygens (including phenoxy) is 2. The predicted molar refractivity (Wildman–Crippen MR) is 81.5 cm³/mol. The third kappa shape index (κ3) is 3.53. The van der Waals surface area contributed by atoms with E-state index in [0.29, 0.717) is 24.1 Å². The first kappa shape index (κ1) is 15.8. The quantitative estimate of drug-likeness (QED) is 0.839. The van der Waals surface area contributed by atoms with Crippen molar-refractivity contribution >= 4 is 11.6 Å². The highest BCUT2D eigenvalue weighted by Crippen LogP contribution is 2.42. The summed E-state index contributed by atoms with van der Waals surface area (Å²) in [6, 6.07) is 3.55. The van der Waals surface area contributed by atoms with Crippen molar-refractivity contribution < 1.29 is 14.3 Å². The van der Waals surface area contributed by atoms with Crippen molar-refractivity contribution in [2.24, 2.45) is 5.92 Å². The van der Waals surface area contributed by atoms with Gasteiger partial charge < -0.3 is 14.8 Å². The number of nitrogens with one attached hydrogen (secondary N) is 1. The highest BCUT2D eigenvalue weighted by atomic mass is 16.5. The Bertz CT molecular complexity index is 514. The molecule has 1 amide bonds. The summed E-state index contributed by atoms with van der Waals surface area (Å²) in [6.07, 6.45) is 3.00. The lowest BCUT2D eigenvalue weighted by Crippen LogP contribution is -2.45. The number of methoxy groups -OCH3 is 1. The maximum absolute atomic E-state index is 12.6. The second kappa shape index (κ2) is 6.43. The van der Waals surface area contributed by atoms with Crippen LogP contribution in [0, 0.1) is 12.8 Å². The fourth-order valence-electron chi connectivity index (χ4n) is 2.35. The van der Waals surface area contributed by atoms with Crippen molar-refractivity contribution in [3.8, 4) is 5.88 Å². The molecule has 0 aromatic carbocycles. The van der Waals surface area contributed by atoms with Crippen molar-refractivity contribution in [3.05, 3.63) is 17.8 Å². The molecule has 0 unspecified atom stereocenters. The lowest BCUT2D eigenvalue weighted by Gasteiger charge is -2.29. The second-order valence-corrected chi connectivity index (χ2v) is 5.67. The predicted octanol–water partition coefficient (Wildman–Crippen LogP) is 2.93. The Morgan fingerprint density at radius 1 is 1.48 bits per heavy atom. The van der Waals surface area contributed by atoms with Gasteiger partial charge in [0.05, 0.1) is 18.5 Å². The van der Waals surface area contributed by atoms with E-state index in [0.717, 1.165) is 25.0 Å². The molecule has 1 saturated carbocycles. The Kier molecular flexibility index (Phi) is 4.83. The zero-order valence-electron chi connectivity index (χ0n) is 13.2. The molecule has 0 radical (unpaired) electrons. The van der Waals surface area contributed by atoms with Gasteiger partial charge in [-0.2, -0.15) is 0 Å². The van der Waals surface area contributed by atoms with Gasteiger partial charge in [-0.15, -0.1) is 0 Å². The molecule has 1 heterocycles. The van der Waals surface area contributed by atoms with Gasteiger partial charge in [0.25, 0.3) is 5.91 Å². The lowest BCUT2D eigenvalue weighted by molar-refractivity contribution is -0.142. The number of aromatic nitrogens is 1. The first-order valence-corrected chi connectivity index (χ1v) is 7.48. The molecule has 1 aliphatic carbocycles. The summed E-state index contributed by atoms with van der Waals surface area (Å²) >= 11 is 0. The third-order valence-corrected chi connectivity index (χ3v) is 3.93. The van der Waals surface area contributed by atoms with Crippen molar-refractivity contribution in [1.82, 2.24) is 4.98 Å². The van der Waals surface area contributed by atoms with E-state index >= 15 is 0 Å². The maximum atomic E-state index is 12.6. The van der Waals surface area contributed by atoms with E-state index in [1.807, 2.05) is 26.8 Å². The van der Waals surface area contributed by atoms with Crippen LogP contribution < -0.4 is 10.1 Å². The number of rotatable bonds is 7. The number of amides is 1. The van der Waals surface area contributed by atoms with Crippen LogP contribution in [0.4, 0.5) is 5.69 Å². The molecule has 1 fully saturated rings. The van der Waals surface area contributed by atoms with Gasteiger partial charge in [0.2, 0.25) is 5.88 Å². The molecular formula is C16H24N2O3. The van der Waals surface area contributed by atoms with E-state index in [9.17, 15) is 4.79 Å². The number of carbonyl (C=O) groups is 1. The van der Waals surface area contributed by atoms with Crippen LogP contribution in [-0.4, -0.2) is 30.2 Å². The normalized spacial score (nSPS) is 17.1. The van der Waals surface area contributed by atoms with E-state index in [1.165, 1.54) is 0 Å². The molecule has 5 nitrogen and oxygen atoms in total. The summed E-state index contributed by atoms with van der Waals surface area (Å²) in [6.45, 7) is 6.38. The molecule has 2 rings (SSSR count). The number of hydrogen-bond acceptors (Lipinski definition) is 4. The van der Waals surface area contributed by atoms with E-state index in [2.05, 4.69) is 10.3 Å². The molecule has 1 aromatic heterocycles. The van der Waals surface area contributed by atoms with E-state index in [-0.39, 0.29) is 5.91 Å². The number of pyridine rings is 1. The fourth-order valence-corrected chi connectivity index (χ4v) is 2.35. The first-order valence-electron chi connectivity index (χ1n) is 7.48. The maximum Gasteiger partial charge on any atom is 0.256 e. The monoisotopic (exact) mass is 292 g/mol. The van der Waals surface area contributed by atoms with Gasteiger partial charge in [0.15, 0.2) is 0 Å². The summed E-state index contributed by atoms with van der Waals surface area (Å²) in [4.78, 5) is 16.9. The van der Waals surface area contributed by atoms with Crippen molar-refractivity contribution in [3.63, 3.8) is 0 Å². The summed E-state index contributed by atoms with van der Waals surface area (Å²) in [5, 5.41) is 2.95. The average molecular weight is 292 g/mol. The minimum absolute atomic E-state index is 0.0893. The van der Waals surface area contributed by atoms with Crippen molar-refractivity contribution in [2.45, 2.75) is 45.6 Å². The average Bonchev–Trinajstić information content (AvgIpc) is 3.31. The lowest BCUT2D eigenvalue weighted by atomic mass is 9.98. The molecule has 5 heteroatoms. The number of aryl methyl sites for hydroxylation is 1. The largest absolute Gasteiger partial charge is 0.481 e. The Labute approximate surface area is 126 Å². The van der Waals surface area contributed by atoms with Gasteiger partial charge in [0.1, 0.15) is 5.60 Å². The van der Waals surface area contributed by atoms with E-state index < -0.39 is 5.60 Å². The Morgan fingerprint density at radius 3 is 2.71 bits per heavy atom. The molecule has 1 aromatic rings. The summed E-state index contributed by atoms with van der Waals surface area (Å²) in [5.41, 5.74) is 0.687. The van der Waals surface area contributed by atoms with Crippen LogP contribution in [0.15, 0.2) is 12.1 Å². The summed E-state index contributed by atoms with van der Waals surface area (Å²) in [7, 11) is 1.57. The molecule has 116 valence electrons. The zero-order chi connectivity index (χ0) is 15.5. The van der Waals surface area contributed by atoms with Gasteiger partial charge >= 0.3 is 0 Å². The highest BCUT2D eigenvalue weighted by Gasteiger charge is 2.48. The molecular weight excluding hydrogens is 268 g/mol. The Morgan fingerprint density at radius 2 is 2.19 bits per heavy atom. The number of nitrogens with zero attached hydrogens (tertiary/aromatic N) is 1. The zero-order valence-corrected chi connectivity index (χ0v) is 13.2. The number of hydrogen-bond donors (Lipinski definition) is 1. The fraction of sp³-hybridized carbons (Fsp3) is 0.625. The Balaban J connectivity index is 2.11. The van der Waals surface area contributed by atoms with Gasteiger partial charge in [0, 0.05) is 12.7 Å². The third-order valence-electron chi connectivity index (χ3n) is 3.93. The van der Waals surface area contributed by atoms with Crippen LogP contribution in [0.25, 0.3) is 0 Å². The van der Waals surface area contributed by atoms with Gasteiger partial charge in [-0.25, -0.2) is 4.98 Å². The standard InChI is InChI=1S/C16H24N2O3/c1-5-10-21-16(3,12-6-7-12)15(19)18-13-8-9-14(20-4)17-11(13)2/h8-9,12H,5-7,10H2,1-4H3,(H,18,19)/t16-/m0/s1. The summed E-state index contributed by atoms with van der Waals surface area (Å²) in [5.74, 6) is 0.766. The molecule has 1 aliphatic rings. The van der Waals surface area contributed by atoms with Crippen molar-refractivity contribution in [2.75, 3.05) is 19.0 Å². The minimum Gasteiger partial charge on any atom is -0.481 e. The van der Waals surface area contributed by atoms with Gasteiger partial charge in [-0.1, -0.05) is 6.92 Å². The Hall–Kier alpha value is -1.62. The van der Waals surface area contributed by atoms with E-state index in [1.54, 1.807) is 13.2 Å². The molecule has 1 atom stereocenters. The molecule has 0 saturated heterocycles. The second-order valence-electron chi connectivity index (χ2n) is 5.67. The van der Waals surface area contributed by atoms with Crippen LogP contribution in [0.5, 0.6) is 5.88 Å². The highest BCUT2D eigenvalue weighted by molar-refractivity contribution is 5.98. The van der Waals surface area contributed by atoms with Crippen LogP contribution >= 0.6 is 0 Å². The van der Waals surface area contributed by atoms with E-state index in [4.69, 9.17) is 9.47 Å². The smallest absolute Gasteiger partial charge is 0.256 e. The minimum atomic E-state index is -0.748.